The summed E-state index contributed by atoms with van der Waals surface area (Å²) in [7, 11) is -2.65. The van der Waals surface area contributed by atoms with Gasteiger partial charge in [0.1, 0.15) is 5.60 Å². The van der Waals surface area contributed by atoms with E-state index in [1.165, 1.54) is 7.11 Å². The lowest BCUT2D eigenvalue weighted by Crippen LogP contribution is -2.48. The molecular formula is C25H51NO6Si2. The second-order valence-corrected chi connectivity index (χ2v) is 23.3. The summed E-state index contributed by atoms with van der Waals surface area (Å²) in [5.41, 5.74) is -0.620. The standard InChI is InChI=1S/C25H51NO6Si2/c1-23(2,3)32-22(28)26-18(16-31-34(13,14)25(7,8)9)19-17(20(19)21(27)29-10)15-30-33(11,12)24(4,5)6/h17-20H,15-16H2,1-14H3,(H,26,28)/t17?,18-,19-,20+/m1/s1. The minimum absolute atomic E-state index is 0.0274. The van der Waals surface area contributed by atoms with E-state index in [1.807, 2.05) is 20.8 Å². The molecule has 1 fully saturated rings. The Balaban J connectivity index is 3.14. The van der Waals surface area contributed by atoms with Gasteiger partial charge in [0.2, 0.25) is 0 Å². The molecule has 1 amide bonds. The summed E-state index contributed by atoms with van der Waals surface area (Å²) >= 11 is 0. The van der Waals surface area contributed by atoms with E-state index >= 15 is 0 Å². The Morgan fingerprint density at radius 2 is 1.32 bits per heavy atom. The zero-order valence-corrected chi connectivity index (χ0v) is 26.2. The summed E-state index contributed by atoms with van der Waals surface area (Å²) in [5.74, 6) is -0.770. The van der Waals surface area contributed by atoms with Crippen molar-refractivity contribution < 1.29 is 27.9 Å². The monoisotopic (exact) mass is 517 g/mol. The molecule has 1 N–H and O–H groups in total. The lowest BCUT2D eigenvalue weighted by Gasteiger charge is -2.37. The molecule has 1 aliphatic rings. The van der Waals surface area contributed by atoms with Crippen LogP contribution in [0, 0.1) is 17.8 Å². The van der Waals surface area contributed by atoms with Crippen molar-refractivity contribution in [3.63, 3.8) is 0 Å². The third-order valence-corrected chi connectivity index (χ3v) is 16.7. The number of ether oxygens (including phenoxy) is 2. The molecule has 0 aromatic rings. The maximum Gasteiger partial charge on any atom is 0.407 e. The summed E-state index contributed by atoms with van der Waals surface area (Å²) in [4.78, 5) is 25.4. The smallest absolute Gasteiger partial charge is 0.407 e. The first-order chi connectivity index (χ1) is 15.0. The molecule has 0 radical (unpaired) electrons. The van der Waals surface area contributed by atoms with Crippen LogP contribution in [0.25, 0.3) is 0 Å². The predicted molar refractivity (Wildman–Crippen MR) is 142 cm³/mol. The number of amides is 1. The Labute approximate surface area is 210 Å². The number of esters is 1. The van der Waals surface area contributed by atoms with Gasteiger partial charge in [-0.1, -0.05) is 41.5 Å². The van der Waals surface area contributed by atoms with E-state index in [4.69, 9.17) is 18.3 Å². The molecule has 200 valence electrons. The van der Waals surface area contributed by atoms with Crippen LogP contribution in [0.1, 0.15) is 62.3 Å². The maximum absolute atomic E-state index is 12.7. The number of carbonyl (C=O) groups is 2. The van der Waals surface area contributed by atoms with Gasteiger partial charge >= 0.3 is 12.1 Å². The fraction of sp³-hybridized carbons (Fsp3) is 0.920. The van der Waals surface area contributed by atoms with Crippen LogP contribution in [0.4, 0.5) is 4.79 Å². The van der Waals surface area contributed by atoms with Crippen LogP contribution < -0.4 is 5.32 Å². The molecule has 0 heterocycles. The summed E-state index contributed by atoms with van der Waals surface area (Å²) < 4.78 is 23.6. The van der Waals surface area contributed by atoms with Gasteiger partial charge in [-0.2, -0.15) is 0 Å². The van der Waals surface area contributed by atoms with Gasteiger partial charge in [0.05, 0.1) is 25.7 Å². The van der Waals surface area contributed by atoms with E-state index in [9.17, 15) is 9.59 Å². The van der Waals surface area contributed by atoms with Crippen LogP contribution in [-0.4, -0.2) is 60.7 Å². The number of methoxy groups -OCH3 is 1. The minimum Gasteiger partial charge on any atom is -0.469 e. The zero-order valence-electron chi connectivity index (χ0n) is 24.2. The maximum atomic E-state index is 12.7. The van der Waals surface area contributed by atoms with Crippen LogP contribution in [0.5, 0.6) is 0 Å². The lowest BCUT2D eigenvalue weighted by atomic mass is 10.1. The molecule has 0 bridgehead atoms. The molecule has 9 heteroatoms. The molecule has 0 spiro atoms. The molecule has 1 unspecified atom stereocenters. The Kier molecular flexibility index (Phi) is 9.71. The summed E-state index contributed by atoms with van der Waals surface area (Å²) in [6.07, 6.45) is -0.504. The average Bonchev–Trinajstić information content (AvgIpc) is 3.33. The van der Waals surface area contributed by atoms with Crippen molar-refractivity contribution in [2.24, 2.45) is 17.8 Å². The SMILES string of the molecule is COC(=O)[C@H]1C(CO[Si](C)(C)C(C)(C)C)[C@@H]1[C@@H](CO[Si](C)(C)C(C)(C)C)NC(=O)OC(C)(C)C. The molecule has 1 saturated carbocycles. The Hall–Kier alpha value is -0.906. The quantitative estimate of drug-likeness (QED) is 0.300. The Bertz CT molecular complexity index is 718. The van der Waals surface area contributed by atoms with E-state index in [0.29, 0.717) is 13.2 Å². The third-order valence-electron chi connectivity index (χ3n) is 7.74. The summed E-state index contributed by atoms with van der Waals surface area (Å²) in [6.45, 7) is 28.2. The van der Waals surface area contributed by atoms with E-state index in [1.54, 1.807) is 0 Å². The van der Waals surface area contributed by atoms with Crippen LogP contribution in [0.3, 0.4) is 0 Å². The van der Waals surface area contributed by atoms with E-state index in [-0.39, 0.29) is 39.8 Å². The van der Waals surface area contributed by atoms with E-state index in [2.05, 4.69) is 73.0 Å². The van der Waals surface area contributed by atoms with Crippen molar-refractivity contribution >= 4 is 28.7 Å². The molecule has 0 aromatic heterocycles. The molecule has 7 nitrogen and oxygen atoms in total. The van der Waals surface area contributed by atoms with Crippen LogP contribution in [0.15, 0.2) is 0 Å². The highest BCUT2D eigenvalue weighted by Gasteiger charge is 2.60. The van der Waals surface area contributed by atoms with Crippen molar-refractivity contribution in [3.8, 4) is 0 Å². The zero-order chi connectivity index (χ0) is 26.9. The van der Waals surface area contributed by atoms with Gasteiger partial charge in [-0.25, -0.2) is 4.79 Å². The lowest BCUT2D eigenvalue weighted by molar-refractivity contribution is -0.143. The van der Waals surface area contributed by atoms with Crippen molar-refractivity contribution in [2.75, 3.05) is 20.3 Å². The topological polar surface area (TPSA) is 83.1 Å². The Morgan fingerprint density at radius 1 is 0.853 bits per heavy atom. The van der Waals surface area contributed by atoms with Gasteiger partial charge in [-0.05, 0) is 57.0 Å². The largest absolute Gasteiger partial charge is 0.469 e. The first-order valence-corrected chi connectivity index (χ1v) is 18.2. The summed E-state index contributed by atoms with van der Waals surface area (Å²) in [5, 5.41) is 3.10. The second kappa shape index (κ2) is 10.6. The number of hydrogen-bond acceptors (Lipinski definition) is 6. The van der Waals surface area contributed by atoms with Gasteiger partial charge in [0.15, 0.2) is 16.6 Å². The van der Waals surface area contributed by atoms with Gasteiger partial charge < -0.3 is 23.6 Å². The fourth-order valence-electron chi connectivity index (χ4n) is 3.38. The first kappa shape index (κ1) is 31.1. The van der Waals surface area contributed by atoms with E-state index < -0.39 is 28.3 Å². The predicted octanol–water partition coefficient (Wildman–Crippen LogP) is 5.96. The number of alkyl carbamates (subject to hydrolysis) is 1. The molecule has 34 heavy (non-hydrogen) atoms. The third kappa shape index (κ3) is 8.34. The number of rotatable bonds is 9. The van der Waals surface area contributed by atoms with Crippen molar-refractivity contribution in [1.82, 2.24) is 5.32 Å². The van der Waals surface area contributed by atoms with Crippen molar-refractivity contribution in [3.05, 3.63) is 0 Å². The highest BCUT2D eigenvalue weighted by atomic mass is 28.4. The Morgan fingerprint density at radius 3 is 1.74 bits per heavy atom. The molecule has 0 saturated heterocycles. The van der Waals surface area contributed by atoms with Crippen LogP contribution >= 0.6 is 0 Å². The van der Waals surface area contributed by atoms with E-state index in [0.717, 1.165) is 0 Å². The van der Waals surface area contributed by atoms with Crippen LogP contribution in [0.2, 0.25) is 36.3 Å². The number of carbonyl (C=O) groups excluding carboxylic acids is 2. The highest BCUT2D eigenvalue weighted by Crippen LogP contribution is 2.51. The number of nitrogens with one attached hydrogen (secondary N) is 1. The fourth-order valence-corrected chi connectivity index (χ4v) is 5.45. The normalized spacial score (nSPS) is 22.7. The molecule has 0 aliphatic heterocycles. The number of hydrogen-bond donors (Lipinski definition) is 1. The molecule has 4 atom stereocenters. The second-order valence-electron chi connectivity index (χ2n) is 13.7. The van der Waals surface area contributed by atoms with Gasteiger partial charge in [0, 0.05) is 18.4 Å². The molecule has 1 rings (SSSR count). The van der Waals surface area contributed by atoms with Gasteiger partial charge in [-0.3, -0.25) is 4.79 Å². The van der Waals surface area contributed by atoms with Gasteiger partial charge in [-0.15, -0.1) is 0 Å². The molecule has 0 aromatic carbocycles. The first-order valence-electron chi connectivity index (χ1n) is 12.4. The van der Waals surface area contributed by atoms with Crippen LogP contribution in [-0.2, 0) is 23.1 Å². The highest BCUT2D eigenvalue weighted by molar-refractivity contribution is 6.74. The van der Waals surface area contributed by atoms with Crippen molar-refractivity contribution in [2.45, 2.75) is 110 Å². The van der Waals surface area contributed by atoms with Gasteiger partial charge in [0.25, 0.3) is 0 Å². The summed E-state index contributed by atoms with van der Waals surface area (Å²) in [6, 6.07) is -0.374. The average molecular weight is 518 g/mol. The van der Waals surface area contributed by atoms with Crippen molar-refractivity contribution in [1.29, 1.82) is 0 Å². The molecular weight excluding hydrogens is 466 g/mol. The minimum atomic E-state index is -2.07. The molecule has 1 aliphatic carbocycles.